The van der Waals surface area contributed by atoms with Crippen LogP contribution in [0.25, 0.3) is 16.8 Å². The van der Waals surface area contributed by atoms with Gasteiger partial charge < -0.3 is 19.2 Å². The minimum Gasteiger partial charge on any atom is -0.466 e. The van der Waals surface area contributed by atoms with Gasteiger partial charge in [0.2, 0.25) is 0 Å². The van der Waals surface area contributed by atoms with Crippen molar-refractivity contribution in [3.05, 3.63) is 89.9 Å². The average Bonchev–Trinajstić information content (AvgIpc) is 3.44. The summed E-state index contributed by atoms with van der Waals surface area (Å²) in [6, 6.07) is 17.7. The fourth-order valence-electron chi connectivity index (χ4n) is 5.93. The first-order chi connectivity index (χ1) is 20.9. The zero-order valence-corrected chi connectivity index (χ0v) is 25.0. The number of esters is 1. The van der Waals surface area contributed by atoms with E-state index in [0.29, 0.717) is 29.7 Å². The summed E-state index contributed by atoms with van der Waals surface area (Å²) >= 11 is 0. The summed E-state index contributed by atoms with van der Waals surface area (Å²) in [4.78, 5) is 29.6. The monoisotopic (exact) mass is 607 g/mol. The van der Waals surface area contributed by atoms with Gasteiger partial charge in [-0.1, -0.05) is 36.4 Å². The SMILES string of the molecule is CCOC(=O)C(C)(C)C1CCC(c2ccc(-c3ccc4nc(C(=O)NCc5ccc(OC(F)(F)F)cc5)cn4c3)cc2)CC1. The number of benzene rings is 2. The molecule has 1 aliphatic carbocycles. The Morgan fingerprint density at radius 1 is 0.909 bits per heavy atom. The number of amides is 1. The number of ether oxygens (including phenoxy) is 2. The van der Waals surface area contributed by atoms with Crippen LogP contribution >= 0.6 is 0 Å². The van der Waals surface area contributed by atoms with Crippen LogP contribution in [-0.4, -0.2) is 34.2 Å². The quantitative estimate of drug-likeness (QED) is 0.197. The number of pyridine rings is 1. The Kier molecular flexibility index (Phi) is 8.99. The van der Waals surface area contributed by atoms with E-state index in [1.807, 2.05) is 39.1 Å². The summed E-state index contributed by atoms with van der Waals surface area (Å²) < 4.78 is 48.1. The highest BCUT2D eigenvalue weighted by Gasteiger charge is 2.40. The van der Waals surface area contributed by atoms with Crippen molar-refractivity contribution in [3.63, 3.8) is 0 Å². The van der Waals surface area contributed by atoms with Gasteiger partial charge in [-0.2, -0.15) is 0 Å². The molecule has 0 atom stereocenters. The number of carbonyl (C=O) groups is 2. The van der Waals surface area contributed by atoms with Crippen LogP contribution in [0.1, 0.15) is 74.0 Å². The maximum absolute atomic E-state index is 12.7. The molecule has 1 N–H and O–H groups in total. The lowest BCUT2D eigenvalue weighted by Gasteiger charge is -2.37. The molecule has 0 spiro atoms. The van der Waals surface area contributed by atoms with Gasteiger partial charge in [0.15, 0.2) is 0 Å². The first-order valence-corrected chi connectivity index (χ1v) is 14.8. The van der Waals surface area contributed by atoms with Crippen molar-refractivity contribution in [3.8, 4) is 16.9 Å². The Balaban J connectivity index is 1.18. The van der Waals surface area contributed by atoms with Crippen LogP contribution in [0.2, 0.25) is 0 Å². The van der Waals surface area contributed by atoms with Crippen LogP contribution < -0.4 is 10.1 Å². The van der Waals surface area contributed by atoms with E-state index >= 15 is 0 Å². The maximum atomic E-state index is 12.7. The third-order valence-corrected chi connectivity index (χ3v) is 8.56. The average molecular weight is 608 g/mol. The van der Waals surface area contributed by atoms with Crippen molar-refractivity contribution in [1.29, 1.82) is 0 Å². The first-order valence-electron chi connectivity index (χ1n) is 14.8. The van der Waals surface area contributed by atoms with E-state index in [-0.39, 0.29) is 24.0 Å². The zero-order valence-electron chi connectivity index (χ0n) is 25.0. The van der Waals surface area contributed by atoms with E-state index in [4.69, 9.17) is 4.74 Å². The summed E-state index contributed by atoms with van der Waals surface area (Å²) in [6.07, 6.45) is 2.89. The van der Waals surface area contributed by atoms with Gasteiger partial charge in [0.05, 0.1) is 12.0 Å². The molecule has 0 radical (unpaired) electrons. The number of aromatic nitrogens is 2. The molecule has 5 rings (SSSR count). The minimum absolute atomic E-state index is 0.109. The Morgan fingerprint density at radius 3 is 2.20 bits per heavy atom. The third kappa shape index (κ3) is 7.23. The number of hydrogen-bond donors (Lipinski definition) is 1. The van der Waals surface area contributed by atoms with Gasteiger partial charge in [-0.3, -0.25) is 9.59 Å². The second-order valence-electron chi connectivity index (χ2n) is 11.8. The number of fused-ring (bicyclic) bond motifs is 1. The predicted octanol–water partition coefficient (Wildman–Crippen LogP) is 7.69. The number of hydrogen-bond acceptors (Lipinski definition) is 5. The van der Waals surface area contributed by atoms with Crippen molar-refractivity contribution >= 4 is 17.5 Å². The summed E-state index contributed by atoms with van der Waals surface area (Å²) in [5.74, 6) is -0.0449. The Morgan fingerprint density at radius 2 is 1.57 bits per heavy atom. The lowest BCUT2D eigenvalue weighted by atomic mass is 9.67. The molecular formula is C34H36F3N3O4. The van der Waals surface area contributed by atoms with Crippen LogP contribution in [0, 0.1) is 11.3 Å². The lowest BCUT2D eigenvalue weighted by molar-refractivity contribution is -0.274. The van der Waals surface area contributed by atoms with Crippen molar-refractivity contribution in [2.75, 3.05) is 6.61 Å². The van der Waals surface area contributed by atoms with E-state index < -0.39 is 17.7 Å². The first kappa shape index (κ1) is 31.1. The van der Waals surface area contributed by atoms with Gasteiger partial charge in [0.1, 0.15) is 17.1 Å². The molecule has 10 heteroatoms. The number of rotatable bonds is 9. The number of nitrogens with zero attached hydrogens (tertiary/aromatic N) is 2. The highest BCUT2D eigenvalue weighted by atomic mass is 19.4. The zero-order chi connectivity index (χ0) is 31.5. The van der Waals surface area contributed by atoms with Crippen LogP contribution in [0.4, 0.5) is 13.2 Å². The van der Waals surface area contributed by atoms with Crippen LogP contribution in [0.15, 0.2) is 73.1 Å². The fraction of sp³-hybridized carbons (Fsp3) is 0.382. The number of imidazole rings is 1. The molecule has 1 saturated carbocycles. The summed E-state index contributed by atoms with van der Waals surface area (Å²) in [5.41, 5.74) is 4.33. The van der Waals surface area contributed by atoms with Gasteiger partial charge >= 0.3 is 12.3 Å². The largest absolute Gasteiger partial charge is 0.573 e. The van der Waals surface area contributed by atoms with Crippen LogP contribution in [0.3, 0.4) is 0 Å². The van der Waals surface area contributed by atoms with Crippen molar-refractivity contribution in [1.82, 2.24) is 14.7 Å². The third-order valence-electron chi connectivity index (χ3n) is 8.56. The van der Waals surface area contributed by atoms with Crippen LogP contribution in [-0.2, 0) is 16.1 Å². The predicted molar refractivity (Wildman–Crippen MR) is 160 cm³/mol. The van der Waals surface area contributed by atoms with E-state index in [1.165, 1.54) is 29.8 Å². The molecular weight excluding hydrogens is 571 g/mol. The highest BCUT2D eigenvalue weighted by Crippen LogP contribution is 2.44. The van der Waals surface area contributed by atoms with E-state index in [0.717, 1.165) is 36.8 Å². The molecule has 2 aromatic carbocycles. The molecule has 4 aromatic rings. The van der Waals surface area contributed by atoms with Gasteiger partial charge in [-0.25, -0.2) is 4.98 Å². The second kappa shape index (κ2) is 12.7. The summed E-state index contributed by atoms with van der Waals surface area (Å²) in [6.45, 7) is 6.37. The molecule has 0 bridgehead atoms. The van der Waals surface area contributed by atoms with E-state index in [2.05, 4.69) is 39.3 Å². The fourth-order valence-corrected chi connectivity index (χ4v) is 5.93. The second-order valence-corrected chi connectivity index (χ2v) is 11.8. The Labute approximate surface area is 254 Å². The molecule has 1 aliphatic rings. The smallest absolute Gasteiger partial charge is 0.466 e. The molecule has 0 unspecified atom stereocenters. The van der Waals surface area contributed by atoms with Gasteiger partial charge in [-0.05, 0) is 105 Å². The molecule has 7 nitrogen and oxygen atoms in total. The summed E-state index contributed by atoms with van der Waals surface area (Å²) in [5, 5.41) is 2.75. The lowest BCUT2D eigenvalue weighted by Crippen LogP contribution is -2.36. The highest BCUT2D eigenvalue weighted by molar-refractivity contribution is 5.92. The van der Waals surface area contributed by atoms with Crippen molar-refractivity contribution < 1.29 is 32.2 Å². The molecule has 232 valence electrons. The number of nitrogens with one attached hydrogen (secondary N) is 1. The molecule has 44 heavy (non-hydrogen) atoms. The molecule has 1 fully saturated rings. The number of alkyl halides is 3. The minimum atomic E-state index is -4.76. The molecule has 2 aromatic heterocycles. The Hall–Kier alpha value is -4.34. The standard InChI is InChI=1S/C34H36F3N3O4/c1-4-43-32(42)33(2,3)27-14-11-24(12-15-27)23-7-9-25(10-8-23)26-13-18-30-39-29(21-40(30)20-26)31(41)38-19-22-5-16-28(17-6-22)44-34(35,36)37/h5-10,13,16-18,20-21,24,27H,4,11-12,14-15,19H2,1-3H3,(H,38,41). The molecule has 0 saturated heterocycles. The van der Waals surface area contributed by atoms with Crippen LogP contribution in [0.5, 0.6) is 5.75 Å². The van der Waals surface area contributed by atoms with Gasteiger partial charge in [-0.15, -0.1) is 13.2 Å². The van der Waals surface area contributed by atoms with Crippen molar-refractivity contribution in [2.45, 2.75) is 65.3 Å². The topological polar surface area (TPSA) is 81.9 Å². The maximum Gasteiger partial charge on any atom is 0.573 e. The van der Waals surface area contributed by atoms with Gasteiger partial charge in [0.25, 0.3) is 5.91 Å². The number of halogens is 3. The molecule has 2 heterocycles. The Bertz CT molecular complexity index is 1600. The normalized spacial score (nSPS) is 17.3. The number of carbonyl (C=O) groups excluding carboxylic acids is 2. The van der Waals surface area contributed by atoms with E-state index in [1.54, 1.807) is 10.6 Å². The van der Waals surface area contributed by atoms with Gasteiger partial charge in [0, 0.05) is 18.9 Å². The summed E-state index contributed by atoms with van der Waals surface area (Å²) in [7, 11) is 0. The van der Waals surface area contributed by atoms with Crippen molar-refractivity contribution in [2.24, 2.45) is 11.3 Å². The molecule has 0 aliphatic heterocycles. The molecule has 1 amide bonds. The van der Waals surface area contributed by atoms with E-state index in [9.17, 15) is 22.8 Å².